The minimum atomic E-state index is -1.43. The molecule has 0 bridgehead atoms. The van der Waals surface area contributed by atoms with Crippen LogP contribution in [0.1, 0.15) is 53.9 Å². The molecular formula is C22H40N5O5P. The number of nitrogens with zero attached hydrogens (tertiary/aromatic N) is 1. The molecule has 11 heteroatoms. The summed E-state index contributed by atoms with van der Waals surface area (Å²) in [7, 11) is 2.09. The molecule has 1 aliphatic heterocycles. The van der Waals surface area contributed by atoms with Crippen molar-refractivity contribution in [2.45, 2.75) is 78.1 Å². The van der Waals surface area contributed by atoms with Crippen molar-refractivity contribution in [2.75, 3.05) is 13.1 Å². The molecule has 6 atom stereocenters. The van der Waals surface area contributed by atoms with Crippen molar-refractivity contribution in [1.29, 1.82) is 0 Å². The van der Waals surface area contributed by atoms with Crippen LogP contribution in [0.25, 0.3) is 0 Å². The Morgan fingerprint density at radius 3 is 2.39 bits per heavy atom. The van der Waals surface area contributed by atoms with Crippen LogP contribution in [0, 0.1) is 11.3 Å². The maximum atomic E-state index is 13.4. The van der Waals surface area contributed by atoms with Crippen LogP contribution >= 0.6 is 9.39 Å². The first-order chi connectivity index (χ1) is 15.4. The van der Waals surface area contributed by atoms with Gasteiger partial charge in [0.15, 0.2) is 6.10 Å². The highest BCUT2D eigenvalue weighted by Crippen LogP contribution is 2.29. The maximum Gasteiger partial charge on any atom is 0.318 e. The summed E-state index contributed by atoms with van der Waals surface area (Å²) >= 11 is 0. The van der Waals surface area contributed by atoms with Crippen molar-refractivity contribution in [3.63, 3.8) is 0 Å². The smallest absolute Gasteiger partial charge is 0.318 e. The van der Waals surface area contributed by atoms with Crippen molar-refractivity contribution < 1.29 is 24.3 Å². The lowest BCUT2D eigenvalue weighted by atomic mass is 9.85. The van der Waals surface area contributed by atoms with Gasteiger partial charge in [-0.05, 0) is 33.6 Å². The molecule has 0 radical (unpaired) electrons. The van der Waals surface area contributed by atoms with Gasteiger partial charge in [-0.2, -0.15) is 0 Å². The first kappa shape index (κ1) is 28.8. The third-order valence-corrected chi connectivity index (χ3v) is 6.03. The van der Waals surface area contributed by atoms with E-state index in [1.807, 2.05) is 34.6 Å². The molecule has 0 saturated carbocycles. The SMILES string of the molecule is C=CCNC(=O)C(O)C(CCC)NC(=O)[C@@H]1[C@@H](C)CCN1C(=O)[C@@H](NC(=O)NP)C(C)(C)C. The van der Waals surface area contributed by atoms with Gasteiger partial charge in [0, 0.05) is 13.1 Å². The Morgan fingerprint density at radius 2 is 1.88 bits per heavy atom. The van der Waals surface area contributed by atoms with E-state index >= 15 is 0 Å². The second kappa shape index (κ2) is 12.9. The predicted octanol–water partition coefficient (Wildman–Crippen LogP) is 0.675. The maximum absolute atomic E-state index is 13.4. The molecule has 0 spiro atoms. The van der Waals surface area contributed by atoms with E-state index in [4.69, 9.17) is 0 Å². The predicted molar refractivity (Wildman–Crippen MR) is 130 cm³/mol. The standard InChI is InChI=1S/C22H40N5O5P/c1-7-9-14(16(28)19(30)23-11-8-2)24-18(29)15-13(3)10-12-27(15)20(31)17(22(4,5)6)25-21(32)26-33/h8,13-17,28H,2,7,9-12,33H2,1,3-6H3,(H,23,30)(H,24,29)(H2,25,26,32)/t13-,14?,15-,16?,17+/m0/s1. The van der Waals surface area contributed by atoms with E-state index in [2.05, 4.69) is 37.0 Å². The molecule has 1 heterocycles. The Hall–Kier alpha value is -2.19. The lowest BCUT2D eigenvalue weighted by Crippen LogP contribution is -2.60. The molecule has 0 aromatic rings. The van der Waals surface area contributed by atoms with Gasteiger partial charge in [0.25, 0.3) is 5.91 Å². The third-order valence-electron chi connectivity index (χ3n) is 5.77. The van der Waals surface area contributed by atoms with Gasteiger partial charge in [0.05, 0.1) is 6.04 Å². The zero-order valence-electron chi connectivity index (χ0n) is 20.3. The molecule has 188 valence electrons. The van der Waals surface area contributed by atoms with E-state index < -0.39 is 47.5 Å². The van der Waals surface area contributed by atoms with Gasteiger partial charge in [0.1, 0.15) is 12.1 Å². The van der Waals surface area contributed by atoms with Crippen molar-refractivity contribution >= 4 is 33.1 Å². The van der Waals surface area contributed by atoms with Crippen LogP contribution in [-0.2, 0) is 14.4 Å². The van der Waals surface area contributed by atoms with Crippen LogP contribution in [-0.4, -0.2) is 71.1 Å². The first-order valence-electron chi connectivity index (χ1n) is 11.3. The summed E-state index contributed by atoms with van der Waals surface area (Å²) in [5, 5.41) is 20.9. The zero-order chi connectivity index (χ0) is 25.3. The van der Waals surface area contributed by atoms with E-state index in [1.165, 1.54) is 11.0 Å². The topological polar surface area (TPSA) is 140 Å². The molecule has 1 saturated heterocycles. The minimum Gasteiger partial charge on any atom is -0.381 e. The second-order valence-corrected chi connectivity index (χ2v) is 9.83. The first-order valence-corrected chi connectivity index (χ1v) is 11.9. The Morgan fingerprint density at radius 1 is 1.24 bits per heavy atom. The number of carbonyl (C=O) groups excluding carboxylic acids is 4. The molecule has 5 N–H and O–H groups in total. The van der Waals surface area contributed by atoms with Crippen LogP contribution in [0.15, 0.2) is 12.7 Å². The number of likely N-dealkylation sites (tertiary alicyclic amines) is 1. The summed E-state index contributed by atoms with van der Waals surface area (Å²) in [6.07, 6.45) is 1.73. The molecule has 1 aliphatic rings. The van der Waals surface area contributed by atoms with Crippen LogP contribution < -0.4 is 21.0 Å². The number of nitrogens with one attached hydrogen (secondary N) is 4. The van der Waals surface area contributed by atoms with Gasteiger partial charge in [-0.15, -0.1) is 6.58 Å². The van der Waals surface area contributed by atoms with Gasteiger partial charge in [-0.25, -0.2) is 4.79 Å². The molecule has 3 unspecified atom stereocenters. The highest BCUT2D eigenvalue weighted by atomic mass is 31.0. The Kier molecular flexibility index (Phi) is 11.3. The fourth-order valence-electron chi connectivity index (χ4n) is 3.93. The Bertz CT molecular complexity index is 726. The highest BCUT2D eigenvalue weighted by molar-refractivity contribution is 7.15. The van der Waals surface area contributed by atoms with Gasteiger partial charge >= 0.3 is 6.03 Å². The van der Waals surface area contributed by atoms with E-state index in [0.29, 0.717) is 25.8 Å². The third kappa shape index (κ3) is 7.96. The summed E-state index contributed by atoms with van der Waals surface area (Å²) in [5.41, 5.74) is -0.592. The van der Waals surface area contributed by atoms with Crippen LogP contribution in [0.5, 0.6) is 0 Å². The van der Waals surface area contributed by atoms with Crippen molar-refractivity contribution in [2.24, 2.45) is 11.3 Å². The molecule has 1 fully saturated rings. The molecule has 5 amide bonds. The number of rotatable bonds is 10. The number of hydrogen-bond donors (Lipinski definition) is 5. The van der Waals surface area contributed by atoms with E-state index in [9.17, 15) is 24.3 Å². The number of hydrogen-bond acceptors (Lipinski definition) is 5. The monoisotopic (exact) mass is 485 g/mol. The molecular weight excluding hydrogens is 445 g/mol. The average Bonchev–Trinajstić information content (AvgIpc) is 3.14. The van der Waals surface area contributed by atoms with Crippen LogP contribution in [0.3, 0.4) is 0 Å². The Balaban J connectivity index is 3.08. The van der Waals surface area contributed by atoms with Gasteiger partial charge in [-0.1, -0.05) is 47.1 Å². The summed E-state index contributed by atoms with van der Waals surface area (Å²) < 4.78 is 0. The number of aliphatic hydroxyl groups excluding tert-OH is 1. The van der Waals surface area contributed by atoms with E-state index in [-0.39, 0.29) is 18.4 Å². The van der Waals surface area contributed by atoms with Crippen molar-refractivity contribution in [3.8, 4) is 0 Å². The average molecular weight is 486 g/mol. The summed E-state index contributed by atoms with van der Waals surface area (Å²) in [6.45, 7) is 13.4. The molecule has 10 nitrogen and oxygen atoms in total. The van der Waals surface area contributed by atoms with Gasteiger partial charge < -0.3 is 31.0 Å². The van der Waals surface area contributed by atoms with Crippen LogP contribution in [0.4, 0.5) is 4.79 Å². The second-order valence-electron chi connectivity index (χ2n) is 9.54. The van der Waals surface area contributed by atoms with E-state index in [1.54, 1.807) is 0 Å². The fourth-order valence-corrected chi connectivity index (χ4v) is 4.01. The number of amides is 5. The van der Waals surface area contributed by atoms with Gasteiger partial charge in [-0.3, -0.25) is 14.4 Å². The number of urea groups is 1. The number of aliphatic hydroxyl groups is 1. The molecule has 0 aromatic heterocycles. The number of carbonyl (C=O) groups is 4. The lowest BCUT2D eigenvalue weighted by molar-refractivity contribution is -0.143. The van der Waals surface area contributed by atoms with Crippen LogP contribution in [0.2, 0.25) is 0 Å². The normalized spacial score (nSPS) is 20.9. The molecule has 0 aromatic carbocycles. The summed E-state index contributed by atoms with van der Waals surface area (Å²) in [4.78, 5) is 52.4. The lowest BCUT2D eigenvalue weighted by Gasteiger charge is -2.36. The minimum absolute atomic E-state index is 0.126. The fraction of sp³-hybridized carbons (Fsp3) is 0.727. The van der Waals surface area contributed by atoms with Crippen molar-refractivity contribution in [3.05, 3.63) is 12.7 Å². The molecule has 0 aliphatic carbocycles. The Labute approximate surface area is 198 Å². The summed E-state index contributed by atoms with van der Waals surface area (Å²) in [5.74, 6) is -1.50. The zero-order valence-corrected chi connectivity index (χ0v) is 21.5. The van der Waals surface area contributed by atoms with E-state index in [0.717, 1.165) is 0 Å². The highest BCUT2D eigenvalue weighted by Gasteiger charge is 2.45. The summed E-state index contributed by atoms with van der Waals surface area (Å²) in [6, 6.07) is -2.93. The molecule has 1 rings (SSSR count). The van der Waals surface area contributed by atoms with Crippen molar-refractivity contribution in [1.82, 2.24) is 25.9 Å². The van der Waals surface area contributed by atoms with Gasteiger partial charge in [0.2, 0.25) is 11.8 Å². The quantitative estimate of drug-likeness (QED) is 0.229. The molecule has 33 heavy (non-hydrogen) atoms. The largest absolute Gasteiger partial charge is 0.381 e.